The fraction of sp³-hybridized carbons (Fsp3) is 0.357. The molecule has 5 heteroatoms. The summed E-state index contributed by atoms with van der Waals surface area (Å²) >= 11 is 15.5. The van der Waals surface area contributed by atoms with Crippen LogP contribution in [0.25, 0.3) is 5.03 Å². The van der Waals surface area contributed by atoms with Crippen LogP contribution in [0.5, 0.6) is 0 Å². The minimum Gasteiger partial charge on any atom is -0.298 e. The molecule has 0 spiro atoms. The summed E-state index contributed by atoms with van der Waals surface area (Å²) in [4.78, 5) is 11.8. The smallest absolute Gasteiger partial charge is 0.150 e. The van der Waals surface area contributed by atoms with Crippen molar-refractivity contribution >= 4 is 49.9 Å². The topological polar surface area (TPSA) is 17.1 Å². The Hall–Kier alpha value is -0.380. The van der Waals surface area contributed by atoms with Gasteiger partial charge in [-0.15, -0.1) is 11.6 Å². The molecular weight excluding hydrogens is 354 g/mol. The van der Waals surface area contributed by atoms with Gasteiger partial charge in [-0.05, 0) is 23.8 Å². The van der Waals surface area contributed by atoms with E-state index in [9.17, 15) is 9.18 Å². The summed E-state index contributed by atoms with van der Waals surface area (Å²) < 4.78 is 12.8. The van der Waals surface area contributed by atoms with Crippen molar-refractivity contribution in [2.24, 2.45) is 5.41 Å². The van der Waals surface area contributed by atoms with Gasteiger partial charge >= 0.3 is 0 Å². The van der Waals surface area contributed by atoms with E-state index in [1.54, 1.807) is 32.1 Å². The molecule has 0 aliphatic heterocycles. The maximum Gasteiger partial charge on any atom is 0.150 e. The highest BCUT2D eigenvalue weighted by molar-refractivity contribution is 9.09. The molecule has 0 radical (unpaired) electrons. The Morgan fingerprint density at radius 3 is 2.42 bits per heavy atom. The summed E-state index contributed by atoms with van der Waals surface area (Å²) in [7, 11) is 0. The van der Waals surface area contributed by atoms with E-state index in [0.717, 1.165) is 0 Å². The van der Waals surface area contributed by atoms with Crippen LogP contribution in [-0.2, 0) is 4.79 Å². The van der Waals surface area contributed by atoms with E-state index in [0.29, 0.717) is 10.6 Å². The van der Waals surface area contributed by atoms with Crippen LogP contribution in [0.15, 0.2) is 30.3 Å². The highest BCUT2D eigenvalue weighted by Gasteiger charge is 2.33. The second kappa shape index (κ2) is 6.87. The molecule has 0 saturated heterocycles. The SMILES string of the molecule is CC(C)(C(=O)CBr)C(Cl)/C=C(/Cl)c1ccc(F)cc1. The van der Waals surface area contributed by atoms with Gasteiger partial charge in [-0.1, -0.05) is 53.5 Å². The summed E-state index contributed by atoms with van der Waals surface area (Å²) in [6.45, 7) is 3.53. The fourth-order valence-corrected chi connectivity index (χ4v) is 2.65. The molecule has 0 fully saturated rings. The zero-order chi connectivity index (χ0) is 14.6. The van der Waals surface area contributed by atoms with Gasteiger partial charge in [0.25, 0.3) is 0 Å². The van der Waals surface area contributed by atoms with Gasteiger partial charge in [0.15, 0.2) is 5.78 Å². The summed E-state index contributed by atoms with van der Waals surface area (Å²) in [6, 6.07) is 5.78. The van der Waals surface area contributed by atoms with Crippen molar-refractivity contribution in [3.8, 4) is 0 Å². The van der Waals surface area contributed by atoms with Crippen molar-refractivity contribution in [1.29, 1.82) is 0 Å². The van der Waals surface area contributed by atoms with Crippen molar-refractivity contribution in [3.63, 3.8) is 0 Å². The van der Waals surface area contributed by atoms with E-state index < -0.39 is 10.8 Å². The van der Waals surface area contributed by atoms with E-state index in [2.05, 4.69) is 15.9 Å². The summed E-state index contributed by atoms with van der Waals surface area (Å²) in [5.41, 5.74) is -0.0681. The van der Waals surface area contributed by atoms with E-state index in [4.69, 9.17) is 23.2 Å². The lowest BCUT2D eigenvalue weighted by Gasteiger charge is -2.25. The van der Waals surface area contributed by atoms with Crippen molar-refractivity contribution < 1.29 is 9.18 Å². The molecule has 0 aromatic heterocycles. The Morgan fingerprint density at radius 1 is 1.42 bits per heavy atom. The quantitative estimate of drug-likeness (QED) is 0.669. The molecule has 1 aromatic carbocycles. The Morgan fingerprint density at radius 2 is 1.95 bits per heavy atom. The molecular formula is C14H14BrCl2FO. The standard InChI is InChI=1S/C14H14BrCl2FO/c1-14(2,13(19)8-15)12(17)7-11(16)9-3-5-10(18)6-4-9/h3-7,12H,8H2,1-2H3/b11-7+. The van der Waals surface area contributed by atoms with Gasteiger partial charge in [0.1, 0.15) is 5.82 Å². The van der Waals surface area contributed by atoms with Gasteiger partial charge in [0, 0.05) is 10.4 Å². The Balaban J connectivity index is 2.95. The monoisotopic (exact) mass is 366 g/mol. The number of hydrogen-bond donors (Lipinski definition) is 0. The van der Waals surface area contributed by atoms with Crippen LogP contribution in [0.2, 0.25) is 0 Å². The normalized spacial score (nSPS) is 14.3. The average Bonchev–Trinajstić information content (AvgIpc) is 2.38. The third-order valence-corrected chi connectivity index (χ3v) is 4.47. The molecule has 0 bridgehead atoms. The van der Waals surface area contributed by atoms with Gasteiger partial charge in [-0.25, -0.2) is 4.39 Å². The average molecular weight is 368 g/mol. The molecule has 1 rings (SSSR count). The van der Waals surface area contributed by atoms with E-state index in [-0.39, 0.29) is 16.9 Å². The van der Waals surface area contributed by atoms with Gasteiger partial charge in [-0.3, -0.25) is 4.79 Å². The van der Waals surface area contributed by atoms with Crippen molar-refractivity contribution in [3.05, 3.63) is 41.7 Å². The van der Waals surface area contributed by atoms with Crippen LogP contribution < -0.4 is 0 Å². The first-order valence-corrected chi connectivity index (χ1v) is 7.59. The van der Waals surface area contributed by atoms with Gasteiger partial charge in [-0.2, -0.15) is 0 Å². The highest BCUT2D eigenvalue weighted by Crippen LogP contribution is 2.32. The van der Waals surface area contributed by atoms with Crippen LogP contribution in [0.3, 0.4) is 0 Å². The Labute approximate surface area is 130 Å². The predicted octanol–water partition coefficient (Wildman–Crippen LogP) is 5.00. The van der Waals surface area contributed by atoms with Crippen molar-refractivity contribution in [1.82, 2.24) is 0 Å². The molecule has 104 valence electrons. The number of rotatable bonds is 5. The van der Waals surface area contributed by atoms with Crippen LogP contribution in [-0.4, -0.2) is 16.5 Å². The number of alkyl halides is 2. The van der Waals surface area contributed by atoms with Crippen LogP contribution in [0, 0.1) is 11.2 Å². The molecule has 0 aliphatic carbocycles. The molecule has 19 heavy (non-hydrogen) atoms. The number of carbonyl (C=O) groups is 1. The van der Waals surface area contributed by atoms with Crippen LogP contribution >= 0.6 is 39.1 Å². The number of Topliss-reactive ketones (excluding diaryl/α,β-unsaturated/α-hetero) is 1. The molecule has 1 atom stereocenters. The molecule has 0 saturated carbocycles. The van der Waals surface area contributed by atoms with E-state index in [1.165, 1.54) is 12.1 Å². The summed E-state index contributed by atoms with van der Waals surface area (Å²) in [6.07, 6.45) is 1.61. The zero-order valence-corrected chi connectivity index (χ0v) is 13.7. The largest absolute Gasteiger partial charge is 0.298 e. The fourth-order valence-electron chi connectivity index (χ4n) is 1.37. The zero-order valence-electron chi connectivity index (χ0n) is 10.6. The number of halogens is 4. The van der Waals surface area contributed by atoms with E-state index >= 15 is 0 Å². The number of ketones is 1. The predicted molar refractivity (Wildman–Crippen MR) is 82.5 cm³/mol. The maximum absolute atomic E-state index is 12.8. The molecule has 0 N–H and O–H groups in total. The van der Waals surface area contributed by atoms with Gasteiger partial charge < -0.3 is 0 Å². The lowest BCUT2D eigenvalue weighted by Crippen LogP contribution is -2.33. The molecule has 1 aromatic rings. The van der Waals surface area contributed by atoms with Crippen LogP contribution in [0.1, 0.15) is 19.4 Å². The number of carbonyl (C=O) groups excluding carboxylic acids is 1. The van der Waals surface area contributed by atoms with Gasteiger partial charge in [0.2, 0.25) is 0 Å². The second-order valence-electron chi connectivity index (χ2n) is 4.70. The second-order valence-corrected chi connectivity index (χ2v) is 6.14. The Bertz CT molecular complexity index is 483. The maximum atomic E-state index is 12.8. The molecule has 1 unspecified atom stereocenters. The third kappa shape index (κ3) is 4.30. The van der Waals surface area contributed by atoms with Crippen molar-refractivity contribution in [2.75, 3.05) is 5.33 Å². The van der Waals surface area contributed by atoms with Gasteiger partial charge in [0.05, 0.1) is 10.7 Å². The molecule has 1 nitrogen and oxygen atoms in total. The summed E-state index contributed by atoms with van der Waals surface area (Å²) in [5.74, 6) is -0.335. The summed E-state index contributed by atoms with van der Waals surface area (Å²) in [5, 5.41) is 0.0937. The number of hydrogen-bond acceptors (Lipinski definition) is 1. The third-order valence-electron chi connectivity index (χ3n) is 2.94. The first-order chi connectivity index (χ1) is 8.78. The Kier molecular flexibility index (Phi) is 6.03. The number of allylic oxidation sites excluding steroid dienone is 1. The molecule has 0 heterocycles. The van der Waals surface area contributed by atoms with Crippen molar-refractivity contribution in [2.45, 2.75) is 19.2 Å². The molecule has 0 aliphatic rings. The first kappa shape index (κ1) is 16.7. The molecule has 0 amide bonds. The minimum absolute atomic E-state index is 0.00711. The first-order valence-electron chi connectivity index (χ1n) is 5.65. The highest BCUT2D eigenvalue weighted by atomic mass is 79.9. The minimum atomic E-state index is -0.731. The number of benzene rings is 1. The van der Waals surface area contributed by atoms with Crippen LogP contribution in [0.4, 0.5) is 4.39 Å². The lowest BCUT2D eigenvalue weighted by molar-refractivity contribution is -0.123. The van der Waals surface area contributed by atoms with E-state index in [1.807, 2.05) is 0 Å². The lowest BCUT2D eigenvalue weighted by atomic mass is 9.84.